The van der Waals surface area contributed by atoms with Gasteiger partial charge in [-0.25, -0.2) is 4.57 Å². The second kappa shape index (κ2) is 9.81. The van der Waals surface area contributed by atoms with Gasteiger partial charge in [0.15, 0.2) is 18.9 Å². The Labute approximate surface area is 144 Å². The lowest BCUT2D eigenvalue weighted by Gasteiger charge is -2.02. The quantitative estimate of drug-likeness (QED) is 0.271. The fraction of sp³-hybridized carbons (Fsp3) is 0.450. The van der Waals surface area contributed by atoms with E-state index in [2.05, 4.69) is 36.0 Å². The molecule has 1 aromatic heterocycles. The summed E-state index contributed by atoms with van der Waals surface area (Å²) in [5.41, 5.74) is 2.58. The highest BCUT2D eigenvalue weighted by Gasteiger charge is 2.07. The highest BCUT2D eigenvalue weighted by atomic mass is 16.6. The molecule has 0 atom stereocenters. The van der Waals surface area contributed by atoms with Crippen molar-refractivity contribution in [1.29, 1.82) is 0 Å². The van der Waals surface area contributed by atoms with E-state index < -0.39 is 0 Å². The number of hydrogen-bond donors (Lipinski definition) is 0. The van der Waals surface area contributed by atoms with Gasteiger partial charge in [0.2, 0.25) is 0 Å². The van der Waals surface area contributed by atoms with Crippen molar-refractivity contribution in [2.45, 2.75) is 58.4 Å². The summed E-state index contributed by atoms with van der Waals surface area (Å²) >= 11 is 0. The maximum Gasteiger partial charge on any atom is 0.269 e. The van der Waals surface area contributed by atoms with E-state index in [0.29, 0.717) is 0 Å². The minimum absolute atomic E-state index is 0.137. The summed E-state index contributed by atoms with van der Waals surface area (Å²) < 4.78 is 2.10. The number of hydrogen-bond acceptors (Lipinski definition) is 2. The Balaban J connectivity index is 1.78. The van der Waals surface area contributed by atoms with Gasteiger partial charge in [0.1, 0.15) is 0 Å². The van der Waals surface area contributed by atoms with E-state index in [1.807, 2.05) is 12.1 Å². The fourth-order valence-electron chi connectivity index (χ4n) is 2.80. The van der Waals surface area contributed by atoms with Crippen molar-refractivity contribution in [2.75, 3.05) is 0 Å². The normalized spacial score (nSPS) is 10.7. The van der Waals surface area contributed by atoms with E-state index in [1.165, 1.54) is 44.1 Å². The Morgan fingerprint density at radius 1 is 0.875 bits per heavy atom. The number of rotatable bonds is 10. The van der Waals surface area contributed by atoms with Crippen LogP contribution < -0.4 is 4.57 Å². The van der Waals surface area contributed by atoms with Crippen LogP contribution in [0.15, 0.2) is 48.8 Å². The Morgan fingerprint density at radius 2 is 1.50 bits per heavy atom. The number of aryl methyl sites for hydroxylation is 1. The first kappa shape index (κ1) is 18.1. The molecule has 1 heterocycles. The molecule has 24 heavy (non-hydrogen) atoms. The van der Waals surface area contributed by atoms with E-state index in [0.717, 1.165) is 18.5 Å². The van der Waals surface area contributed by atoms with Crippen molar-refractivity contribution in [3.63, 3.8) is 0 Å². The maximum absolute atomic E-state index is 10.7. The monoisotopic (exact) mass is 327 g/mol. The zero-order valence-electron chi connectivity index (χ0n) is 14.5. The lowest BCUT2D eigenvalue weighted by Crippen LogP contribution is -2.33. The van der Waals surface area contributed by atoms with Crippen molar-refractivity contribution < 1.29 is 9.49 Å². The van der Waals surface area contributed by atoms with Gasteiger partial charge in [-0.05, 0) is 30.5 Å². The van der Waals surface area contributed by atoms with Gasteiger partial charge in [0.05, 0.1) is 4.92 Å². The number of pyridine rings is 1. The third kappa shape index (κ3) is 6.11. The first-order valence-electron chi connectivity index (χ1n) is 8.90. The van der Waals surface area contributed by atoms with E-state index in [4.69, 9.17) is 0 Å². The van der Waals surface area contributed by atoms with E-state index in [9.17, 15) is 10.1 Å². The molecule has 0 saturated carbocycles. The fourth-order valence-corrected chi connectivity index (χ4v) is 2.80. The molecule has 0 fully saturated rings. The van der Waals surface area contributed by atoms with Gasteiger partial charge in [0, 0.05) is 29.8 Å². The topological polar surface area (TPSA) is 47.0 Å². The van der Waals surface area contributed by atoms with E-state index in [-0.39, 0.29) is 10.6 Å². The Morgan fingerprint density at radius 3 is 2.12 bits per heavy atom. The van der Waals surface area contributed by atoms with Crippen LogP contribution in [0.5, 0.6) is 0 Å². The first-order valence-corrected chi connectivity index (χ1v) is 8.90. The summed E-state index contributed by atoms with van der Waals surface area (Å²) in [6.07, 6.45) is 13.3. The molecule has 2 aromatic rings. The average Bonchev–Trinajstić information content (AvgIpc) is 2.60. The third-order valence-electron chi connectivity index (χ3n) is 4.29. The van der Waals surface area contributed by atoms with Crippen LogP contribution in [-0.2, 0) is 13.0 Å². The van der Waals surface area contributed by atoms with Gasteiger partial charge in [-0.1, -0.05) is 39.0 Å². The lowest BCUT2D eigenvalue weighted by molar-refractivity contribution is -0.688. The standard InChI is InChI=1S/C20H27N2O2/c1-2-3-4-5-6-7-8-18-13-15-21(16-14-18)17-19-9-11-20(12-10-19)22(23)24/h9-16H,2-8,17H2,1H3/q+1. The van der Waals surface area contributed by atoms with Gasteiger partial charge in [-0.2, -0.15) is 0 Å². The van der Waals surface area contributed by atoms with Crippen LogP contribution in [0.2, 0.25) is 0 Å². The second-order valence-electron chi connectivity index (χ2n) is 6.32. The first-order chi connectivity index (χ1) is 11.7. The minimum Gasteiger partial charge on any atom is -0.258 e. The van der Waals surface area contributed by atoms with E-state index >= 15 is 0 Å². The predicted octanol–water partition coefficient (Wildman–Crippen LogP) is 4.83. The van der Waals surface area contributed by atoms with Crippen molar-refractivity contribution in [3.05, 3.63) is 70.0 Å². The third-order valence-corrected chi connectivity index (χ3v) is 4.29. The van der Waals surface area contributed by atoms with Crippen LogP contribution >= 0.6 is 0 Å². The van der Waals surface area contributed by atoms with E-state index in [1.54, 1.807) is 12.1 Å². The zero-order valence-corrected chi connectivity index (χ0v) is 14.5. The molecule has 2 rings (SSSR count). The summed E-state index contributed by atoms with van der Waals surface area (Å²) in [6, 6.07) is 11.1. The molecular formula is C20H27N2O2+. The molecule has 4 nitrogen and oxygen atoms in total. The SMILES string of the molecule is CCCCCCCCc1cc[n+](Cc2ccc([N+](=O)[O-])cc2)cc1. The zero-order chi connectivity index (χ0) is 17.2. The molecule has 0 saturated heterocycles. The maximum atomic E-state index is 10.7. The molecule has 0 bridgehead atoms. The molecule has 0 aliphatic heterocycles. The largest absolute Gasteiger partial charge is 0.269 e. The molecule has 0 aliphatic rings. The smallest absolute Gasteiger partial charge is 0.258 e. The van der Waals surface area contributed by atoms with Crippen LogP contribution in [-0.4, -0.2) is 4.92 Å². The molecular weight excluding hydrogens is 300 g/mol. The summed E-state index contributed by atoms with van der Waals surface area (Å²) in [5, 5.41) is 10.7. The van der Waals surface area contributed by atoms with Crippen LogP contribution in [0.3, 0.4) is 0 Å². The average molecular weight is 327 g/mol. The molecule has 0 amide bonds. The van der Waals surface area contributed by atoms with Crippen LogP contribution in [0.25, 0.3) is 0 Å². The number of non-ortho nitro benzene ring substituents is 1. The predicted molar refractivity (Wildman–Crippen MR) is 95.9 cm³/mol. The number of unbranched alkanes of at least 4 members (excludes halogenated alkanes) is 5. The highest BCUT2D eigenvalue weighted by Crippen LogP contribution is 2.12. The van der Waals surface area contributed by atoms with Crippen LogP contribution in [0.4, 0.5) is 5.69 Å². The summed E-state index contributed by atoms with van der Waals surface area (Å²) in [4.78, 5) is 10.3. The van der Waals surface area contributed by atoms with Crippen molar-refractivity contribution >= 4 is 5.69 Å². The molecule has 128 valence electrons. The summed E-state index contributed by atoms with van der Waals surface area (Å²) in [7, 11) is 0. The number of aromatic nitrogens is 1. The van der Waals surface area contributed by atoms with Gasteiger partial charge in [0.25, 0.3) is 5.69 Å². The van der Waals surface area contributed by atoms with Gasteiger partial charge < -0.3 is 0 Å². The number of benzene rings is 1. The molecule has 0 radical (unpaired) electrons. The molecule has 0 aliphatic carbocycles. The number of nitrogens with zero attached hydrogens (tertiary/aromatic N) is 2. The number of nitro benzene ring substituents is 1. The van der Waals surface area contributed by atoms with Gasteiger partial charge in [-0.3, -0.25) is 10.1 Å². The van der Waals surface area contributed by atoms with Crippen LogP contribution in [0.1, 0.15) is 56.6 Å². The van der Waals surface area contributed by atoms with Crippen molar-refractivity contribution in [3.8, 4) is 0 Å². The summed E-state index contributed by atoms with van der Waals surface area (Å²) in [5.74, 6) is 0. The highest BCUT2D eigenvalue weighted by molar-refractivity contribution is 5.32. The van der Waals surface area contributed by atoms with Gasteiger partial charge >= 0.3 is 0 Å². The molecule has 4 heteroatoms. The number of nitro groups is 1. The molecule has 0 N–H and O–H groups in total. The minimum atomic E-state index is -0.367. The lowest BCUT2D eigenvalue weighted by atomic mass is 10.1. The molecule has 0 spiro atoms. The molecule has 0 unspecified atom stereocenters. The van der Waals surface area contributed by atoms with Crippen LogP contribution in [0, 0.1) is 10.1 Å². The van der Waals surface area contributed by atoms with Crippen molar-refractivity contribution in [1.82, 2.24) is 0 Å². The Kier molecular flexibility index (Phi) is 7.40. The second-order valence-corrected chi connectivity index (χ2v) is 6.32. The van der Waals surface area contributed by atoms with Gasteiger partial charge in [-0.15, -0.1) is 0 Å². The summed E-state index contributed by atoms with van der Waals surface area (Å²) in [6.45, 7) is 2.98. The Bertz CT molecular complexity index is 621. The molecule has 1 aromatic carbocycles. The Hall–Kier alpha value is -2.23. The van der Waals surface area contributed by atoms with Crippen molar-refractivity contribution in [2.24, 2.45) is 0 Å².